The predicted molar refractivity (Wildman–Crippen MR) is 60.7 cm³/mol. The zero-order chi connectivity index (χ0) is 11.8. The van der Waals surface area contributed by atoms with Crippen molar-refractivity contribution >= 4 is 5.69 Å². The van der Waals surface area contributed by atoms with E-state index in [2.05, 4.69) is 10.1 Å². The van der Waals surface area contributed by atoms with Gasteiger partial charge in [-0.05, 0) is 31.0 Å². The Morgan fingerprint density at radius 3 is 2.88 bits per heavy atom. The monoisotopic (exact) mass is 233 g/mol. The van der Waals surface area contributed by atoms with Crippen molar-refractivity contribution in [1.29, 1.82) is 0 Å². The summed E-state index contributed by atoms with van der Waals surface area (Å²) in [5.41, 5.74) is 6.66. The summed E-state index contributed by atoms with van der Waals surface area (Å²) in [6.07, 6.45) is 3.39. The van der Waals surface area contributed by atoms with E-state index in [4.69, 9.17) is 10.3 Å². The Labute approximate surface area is 97.6 Å². The molecule has 0 bridgehead atoms. The molecule has 2 N–H and O–H groups in total. The molecule has 1 heterocycles. The highest BCUT2D eigenvalue weighted by atomic mass is 19.1. The minimum atomic E-state index is -0.363. The van der Waals surface area contributed by atoms with Crippen LogP contribution in [0.15, 0.2) is 22.7 Å². The topological polar surface area (TPSA) is 64.9 Å². The van der Waals surface area contributed by atoms with E-state index in [1.165, 1.54) is 24.6 Å². The van der Waals surface area contributed by atoms with Crippen LogP contribution in [-0.2, 0) is 0 Å². The first-order valence-corrected chi connectivity index (χ1v) is 5.63. The van der Waals surface area contributed by atoms with Crippen molar-refractivity contribution in [2.45, 2.75) is 25.2 Å². The van der Waals surface area contributed by atoms with Gasteiger partial charge in [0, 0.05) is 11.6 Å². The fourth-order valence-corrected chi connectivity index (χ4v) is 1.89. The van der Waals surface area contributed by atoms with E-state index < -0.39 is 0 Å². The first-order chi connectivity index (χ1) is 8.24. The van der Waals surface area contributed by atoms with Gasteiger partial charge in [-0.15, -0.1) is 0 Å². The third-order valence-corrected chi connectivity index (χ3v) is 3.16. The number of nitrogens with zero attached hydrogens (tertiary/aromatic N) is 2. The number of hydrogen-bond acceptors (Lipinski definition) is 4. The van der Waals surface area contributed by atoms with Crippen LogP contribution in [0.4, 0.5) is 10.1 Å². The van der Waals surface area contributed by atoms with Gasteiger partial charge in [-0.3, -0.25) is 0 Å². The second-order valence-corrected chi connectivity index (χ2v) is 4.32. The Balaban J connectivity index is 1.97. The minimum Gasteiger partial charge on any atom is -0.398 e. The fraction of sp³-hybridized carbons (Fsp3) is 0.333. The number of nitrogens with two attached hydrogens (primary N) is 1. The maximum Gasteiger partial charge on any atom is 0.260 e. The molecule has 5 heteroatoms. The molecule has 1 fully saturated rings. The van der Waals surface area contributed by atoms with Crippen molar-refractivity contribution < 1.29 is 8.91 Å². The van der Waals surface area contributed by atoms with Crippen LogP contribution in [0.3, 0.4) is 0 Å². The van der Waals surface area contributed by atoms with Crippen LogP contribution < -0.4 is 5.73 Å². The van der Waals surface area contributed by atoms with Crippen LogP contribution in [0.5, 0.6) is 0 Å². The van der Waals surface area contributed by atoms with Crippen LogP contribution >= 0.6 is 0 Å². The van der Waals surface area contributed by atoms with Crippen molar-refractivity contribution in [3.8, 4) is 11.5 Å². The van der Waals surface area contributed by atoms with Crippen molar-refractivity contribution in [1.82, 2.24) is 10.1 Å². The molecule has 3 rings (SSSR count). The summed E-state index contributed by atoms with van der Waals surface area (Å²) in [6, 6.07) is 4.12. The molecule has 1 aromatic carbocycles. The number of hydrogen-bond donors (Lipinski definition) is 1. The molecule has 0 unspecified atom stereocenters. The third-order valence-electron chi connectivity index (χ3n) is 3.16. The summed E-state index contributed by atoms with van der Waals surface area (Å²) in [7, 11) is 0. The molecule has 4 nitrogen and oxygen atoms in total. The highest BCUT2D eigenvalue weighted by molar-refractivity contribution is 5.70. The molecule has 1 aliphatic carbocycles. The van der Waals surface area contributed by atoms with Crippen molar-refractivity contribution in [3.63, 3.8) is 0 Å². The van der Waals surface area contributed by atoms with Gasteiger partial charge in [0.15, 0.2) is 5.82 Å². The van der Waals surface area contributed by atoms with Crippen LogP contribution in [0.25, 0.3) is 11.5 Å². The normalized spacial score (nSPS) is 15.8. The van der Waals surface area contributed by atoms with Gasteiger partial charge >= 0.3 is 0 Å². The van der Waals surface area contributed by atoms with E-state index in [1.807, 2.05) is 0 Å². The van der Waals surface area contributed by atoms with E-state index in [-0.39, 0.29) is 5.82 Å². The molecule has 0 amide bonds. The first kappa shape index (κ1) is 10.3. The lowest BCUT2D eigenvalue weighted by Gasteiger charge is -2.20. The van der Waals surface area contributed by atoms with Crippen LogP contribution in [0.1, 0.15) is 31.0 Å². The molecule has 1 aliphatic rings. The largest absolute Gasteiger partial charge is 0.398 e. The van der Waals surface area contributed by atoms with Crippen molar-refractivity contribution in [3.05, 3.63) is 29.8 Å². The number of benzene rings is 1. The molecule has 1 saturated carbocycles. The second kappa shape index (κ2) is 3.84. The molecule has 2 aromatic rings. The van der Waals surface area contributed by atoms with Gasteiger partial charge in [-0.25, -0.2) is 4.39 Å². The Kier molecular flexibility index (Phi) is 2.31. The Hall–Kier alpha value is -1.91. The zero-order valence-electron chi connectivity index (χ0n) is 9.19. The molecule has 0 saturated heterocycles. The first-order valence-electron chi connectivity index (χ1n) is 5.63. The average molecular weight is 233 g/mol. The maximum absolute atomic E-state index is 13.1. The highest BCUT2D eigenvalue weighted by Crippen LogP contribution is 2.36. The molecule has 0 aliphatic heterocycles. The number of anilines is 1. The number of aromatic nitrogens is 2. The van der Waals surface area contributed by atoms with Gasteiger partial charge in [0.2, 0.25) is 0 Å². The van der Waals surface area contributed by atoms with E-state index in [1.54, 1.807) is 0 Å². The predicted octanol–water partition coefficient (Wildman–Crippen LogP) is 2.73. The summed E-state index contributed by atoms with van der Waals surface area (Å²) in [5.74, 6) is 1.03. The van der Waals surface area contributed by atoms with Gasteiger partial charge in [0.1, 0.15) is 5.82 Å². The SMILES string of the molecule is Nc1ccc(F)cc1-c1nc(C2CCC2)no1. The molecule has 0 atom stereocenters. The van der Waals surface area contributed by atoms with Crippen LogP contribution in [0.2, 0.25) is 0 Å². The van der Waals surface area contributed by atoms with Gasteiger partial charge in [-0.2, -0.15) is 4.98 Å². The lowest BCUT2D eigenvalue weighted by Crippen LogP contribution is -2.10. The van der Waals surface area contributed by atoms with Gasteiger partial charge < -0.3 is 10.3 Å². The third kappa shape index (κ3) is 1.77. The van der Waals surface area contributed by atoms with Crippen LogP contribution in [-0.4, -0.2) is 10.1 Å². The van der Waals surface area contributed by atoms with Gasteiger partial charge in [0.05, 0.1) is 5.56 Å². The standard InChI is InChI=1S/C12H12FN3O/c13-8-4-5-10(14)9(6-8)12-15-11(16-17-12)7-2-1-3-7/h4-7H,1-3,14H2. The lowest BCUT2D eigenvalue weighted by molar-refractivity contribution is 0.366. The summed E-state index contributed by atoms with van der Waals surface area (Å²) < 4.78 is 18.3. The average Bonchev–Trinajstić information content (AvgIpc) is 2.68. The highest BCUT2D eigenvalue weighted by Gasteiger charge is 2.25. The molecular formula is C12H12FN3O. The smallest absolute Gasteiger partial charge is 0.260 e. The van der Waals surface area contributed by atoms with Gasteiger partial charge in [-0.1, -0.05) is 11.6 Å². The number of halogens is 1. The molecule has 17 heavy (non-hydrogen) atoms. The van der Waals surface area contributed by atoms with E-state index >= 15 is 0 Å². The summed E-state index contributed by atoms with van der Waals surface area (Å²) in [5, 5.41) is 3.92. The number of rotatable bonds is 2. The second-order valence-electron chi connectivity index (χ2n) is 4.32. The summed E-state index contributed by atoms with van der Waals surface area (Å²) in [6.45, 7) is 0. The Morgan fingerprint density at radius 2 is 2.18 bits per heavy atom. The Bertz CT molecular complexity index is 548. The van der Waals surface area contributed by atoms with E-state index in [0.29, 0.717) is 28.9 Å². The Morgan fingerprint density at radius 1 is 1.35 bits per heavy atom. The van der Waals surface area contributed by atoms with E-state index in [9.17, 15) is 4.39 Å². The molecule has 0 spiro atoms. The molecular weight excluding hydrogens is 221 g/mol. The lowest BCUT2D eigenvalue weighted by atomic mass is 9.85. The van der Waals surface area contributed by atoms with Crippen molar-refractivity contribution in [2.75, 3.05) is 5.73 Å². The molecule has 1 aromatic heterocycles. The summed E-state index contributed by atoms with van der Waals surface area (Å²) in [4.78, 5) is 4.28. The van der Waals surface area contributed by atoms with E-state index in [0.717, 1.165) is 12.8 Å². The van der Waals surface area contributed by atoms with Crippen LogP contribution in [0, 0.1) is 5.82 Å². The quantitative estimate of drug-likeness (QED) is 0.810. The maximum atomic E-state index is 13.1. The molecule has 0 radical (unpaired) electrons. The fourth-order valence-electron chi connectivity index (χ4n) is 1.89. The van der Waals surface area contributed by atoms with Crippen molar-refractivity contribution in [2.24, 2.45) is 0 Å². The minimum absolute atomic E-state index is 0.295. The molecule has 88 valence electrons. The number of nitrogen functional groups attached to an aromatic ring is 1. The van der Waals surface area contributed by atoms with Gasteiger partial charge in [0.25, 0.3) is 5.89 Å². The zero-order valence-corrected chi connectivity index (χ0v) is 9.19. The summed E-state index contributed by atoms with van der Waals surface area (Å²) >= 11 is 0.